The molecule has 0 bridgehead atoms. The quantitative estimate of drug-likeness (QED) is 0.683. The van der Waals surface area contributed by atoms with Crippen LogP contribution in [0.2, 0.25) is 0 Å². The zero-order chi connectivity index (χ0) is 14.6. The standard InChI is InChI=1S/C10H9ClF3NO4/c1-2-18-9(17)8-5(4-11)6(3-7(16)15-8)19-10(12,13)14/h3H,2,4H2,1H3,(H,15,16). The molecule has 1 aromatic heterocycles. The highest BCUT2D eigenvalue weighted by molar-refractivity contribution is 6.17. The van der Waals surface area contributed by atoms with E-state index in [1.165, 1.54) is 6.92 Å². The highest BCUT2D eigenvalue weighted by atomic mass is 35.5. The van der Waals surface area contributed by atoms with Gasteiger partial charge in [-0.1, -0.05) is 0 Å². The molecule has 0 aliphatic carbocycles. The number of alkyl halides is 4. The Hall–Kier alpha value is -1.70. The lowest BCUT2D eigenvalue weighted by atomic mass is 10.2. The van der Waals surface area contributed by atoms with Gasteiger partial charge in [-0.25, -0.2) is 4.79 Å². The van der Waals surface area contributed by atoms with Crippen LogP contribution in [0.1, 0.15) is 23.0 Å². The predicted octanol–water partition coefficient (Wildman–Crippen LogP) is 2.19. The van der Waals surface area contributed by atoms with E-state index in [-0.39, 0.29) is 12.2 Å². The first-order chi connectivity index (χ1) is 8.78. The molecular formula is C10H9ClF3NO4. The monoisotopic (exact) mass is 299 g/mol. The van der Waals surface area contributed by atoms with Gasteiger partial charge in [-0.2, -0.15) is 0 Å². The van der Waals surface area contributed by atoms with Gasteiger partial charge in [0.1, 0.15) is 11.4 Å². The van der Waals surface area contributed by atoms with Crippen molar-refractivity contribution in [1.82, 2.24) is 4.98 Å². The number of hydrogen-bond donors (Lipinski definition) is 1. The van der Waals surface area contributed by atoms with Crippen molar-refractivity contribution < 1.29 is 27.4 Å². The molecule has 1 heterocycles. The summed E-state index contributed by atoms with van der Waals surface area (Å²) >= 11 is 5.49. The number of rotatable bonds is 4. The van der Waals surface area contributed by atoms with Crippen molar-refractivity contribution in [3.05, 3.63) is 27.7 Å². The number of carbonyl (C=O) groups is 1. The predicted molar refractivity (Wildman–Crippen MR) is 59.3 cm³/mol. The first kappa shape index (κ1) is 15.4. The molecule has 9 heteroatoms. The number of nitrogens with one attached hydrogen (secondary N) is 1. The molecular weight excluding hydrogens is 291 g/mol. The second kappa shape index (κ2) is 5.96. The molecule has 1 aromatic rings. The molecule has 5 nitrogen and oxygen atoms in total. The first-order valence-electron chi connectivity index (χ1n) is 5.03. The van der Waals surface area contributed by atoms with Crippen molar-refractivity contribution in [2.45, 2.75) is 19.2 Å². The molecule has 106 valence electrons. The number of carbonyl (C=O) groups excluding carboxylic acids is 1. The molecule has 0 spiro atoms. The van der Waals surface area contributed by atoms with Gasteiger partial charge in [0.05, 0.1) is 12.5 Å². The van der Waals surface area contributed by atoms with Crippen LogP contribution in [0.3, 0.4) is 0 Å². The van der Waals surface area contributed by atoms with Crippen LogP contribution in [-0.4, -0.2) is 23.9 Å². The molecule has 0 aromatic carbocycles. The Balaban J connectivity index is 3.32. The molecule has 0 saturated heterocycles. The summed E-state index contributed by atoms with van der Waals surface area (Å²) in [7, 11) is 0. The van der Waals surface area contributed by atoms with Gasteiger partial charge in [0.2, 0.25) is 0 Å². The number of H-pyrrole nitrogens is 1. The minimum Gasteiger partial charge on any atom is -0.461 e. The Labute approximate surface area is 110 Å². The van der Waals surface area contributed by atoms with Crippen LogP contribution >= 0.6 is 11.6 Å². The summed E-state index contributed by atoms with van der Waals surface area (Å²) in [6.45, 7) is 1.50. The van der Waals surface area contributed by atoms with Crippen LogP contribution in [0.15, 0.2) is 10.9 Å². The SMILES string of the molecule is CCOC(=O)c1[nH]c(=O)cc(OC(F)(F)F)c1CCl. The summed E-state index contributed by atoms with van der Waals surface area (Å²) in [5.41, 5.74) is -1.68. The number of hydrogen-bond acceptors (Lipinski definition) is 4. The highest BCUT2D eigenvalue weighted by Gasteiger charge is 2.33. The van der Waals surface area contributed by atoms with Crippen molar-refractivity contribution in [2.75, 3.05) is 6.61 Å². The van der Waals surface area contributed by atoms with Gasteiger partial charge in [0, 0.05) is 11.6 Å². The average Bonchev–Trinajstić information content (AvgIpc) is 2.26. The molecule has 0 fully saturated rings. The molecule has 0 unspecified atom stereocenters. The Morgan fingerprint density at radius 2 is 2.11 bits per heavy atom. The largest absolute Gasteiger partial charge is 0.573 e. The highest BCUT2D eigenvalue weighted by Crippen LogP contribution is 2.28. The fraction of sp³-hybridized carbons (Fsp3) is 0.400. The minimum absolute atomic E-state index is 0.00700. The van der Waals surface area contributed by atoms with E-state index in [0.717, 1.165) is 0 Å². The number of esters is 1. The van der Waals surface area contributed by atoms with E-state index in [1.54, 1.807) is 0 Å². The summed E-state index contributed by atoms with van der Waals surface area (Å²) in [4.78, 5) is 24.8. The van der Waals surface area contributed by atoms with Gasteiger partial charge in [-0.3, -0.25) is 4.79 Å². The van der Waals surface area contributed by atoms with E-state index >= 15 is 0 Å². The van der Waals surface area contributed by atoms with Crippen molar-refractivity contribution >= 4 is 17.6 Å². The normalized spacial score (nSPS) is 11.2. The number of pyridine rings is 1. The van der Waals surface area contributed by atoms with Gasteiger partial charge >= 0.3 is 12.3 Å². The molecule has 0 aliphatic rings. The maximum absolute atomic E-state index is 12.2. The lowest BCUT2D eigenvalue weighted by molar-refractivity contribution is -0.274. The van der Waals surface area contributed by atoms with Crippen molar-refractivity contribution in [2.24, 2.45) is 0 Å². The topological polar surface area (TPSA) is 68.4 Å². The van der Waals surface area contributed by atoms with Crippen LogP contribution in [0.5, 0.6) is 5.75 Å². The third-order valence-corrected chi connectivity index (χ3v) is 2.22. The van der Waals surface area contributed by atoms with Crippen LogP contribution in [0, 0.1) is 0 Å². The lowest BCUT2D eigenvalue weighted by Crippen LogP contribution is -2.23. The number of ether oxygens (including phenoxy) is 2. The fourth-order valence-electron chi connectivity index (χ4n) is 1.29. The Kier molecular flexibility index (Phi) is 4.82. The molecule has 0 saturated carbocycles. The van der Waals surface area contributed by atoms with E-state index in [2.05, 4.69) is 14.5 Å². The first-order valence-corrected chi connectivity index (χ1v) is 5.57. The van der Waals surface area contributed by atoms with Crippen molar-refractivity contribution in [1.29, 1.82) is 0 Å². The smallest absolute Gasteiger partial charge is 0.461 e. The van der Waals surface area contributed by atoms with Crippen LogP contribution in [0.25, 0.3) is 0 Å². The van der Waals surface area contributed by atoms with Crippen LogP contribution in [-0.2, 0) is 10.6 Å². The Bertz CT molecular complexity index is 526. The number of aromatic nitrogens is 1. The lowest BCUT2D eigenvalue weighted by Gasteiger charge is -2.14. The maximum Gasteiger partial charge on any atom is 0.573 e. The van der Waals surface area contributed by atoms with Crippen LogP contribution < -0.4 is 10.3 Å². The number of aromatic amines is 1. The summed E-state index contributed by atoms with van der Waals surface area (Å²) in [5, 5.41) is 0. The fourth-order valence-corrected chi connectivity index (χ4v) is 1.56. The summed E-state index contributed by atoms with van der Waals surface area (Å²) in [5.74, 6) is -2.27. The third kappa shape index (κ3) is 4.16. The minimum atomic E-state index is -5.00. The number of halogens is 4. The van der Waals surface area contributed by atoms with Crippen LogP contribution in [0.4, 0.5) is 13.2 Å². The summed E-state index contributed by atoms with van der Waals surface area (Å²) < 4.78 is 44.8. The zero-order valence-corrected chi connectivity index (χ0v) is 10.4. The van der Waals surface area contributed by atoms with Gasteiger partial charge in [0.15, 0.2) is 0 Å². The molecule has 1 N–H and O–H groups in total. The molecule has 1 rings (SSSR count). The Morgan fingerprint density at radius 3 is 2.58 bits per heavy atom. The summed E-state index contributed by atoms with van der Waals surface area (Å²) in [6.07, 6.45) is -5.00. The Morgan fingerprint density at radius 1 is 1.47 bits per heavy atom. The molecule has 0 radical (unpaired) electrons. The summed E-state index contributed by atoms with van der Waals surface area (Å²) in [6, 6.07) is 0.563. The van der Waals surface area contributed by atoms with E-state index < -0.39 is 35.2 Å². The molecule has 0 aliphatic heterocycles. The second-order valence-electron chi connectivity index (χ2n) is 3.25. The van der Waals surface area contributed by atoms with Gasteiger partial charge in [0.25, 0.3) is 5.56 Å². The zero-order valence-electron chi connectivity index (χ0n) is 9.64. The van der Waals surface area contributed by atoms with E-state index in [9.17, 15) is 22.8 Å². The van der Waals surface area contributed by atoms with Gasteiger partial charge < -0.3 is 14.5 Å². The third-order valence-electron chi connectivity index (χ3n) is 1.95. The van der Waals surface area contributed by atoms with Gasteiger partial charge in [-0.05, 0) is 6.92 Å². The molecule has 0 amide bonds. The average molecular weight is 300 g/mol. The second-order valence-corrected chi connectivity index (χ2v) is 3.52. The molecule has 0 atom stereocenters. The van der Waals surface area contributed by atoms with Crippen molar-refractivity contribution in [3.8, 4) is 5.75 Å². The van der Waals surface area contributed by atoms with Crippen molar-refractivity contribution in [3.63, 3.8) is 0 Å². The van der Waals surface area contributed by atoms with E-state index in [0.29, 0.717) is 6.07 Å². The van der Waals surface area contributed by atoms with E-state index in [1.807, 2.05) is 0 Å². The van der Waals surface area contributed by atoms with Gasteiger partial charge in [-0.15, -0.1) is 24.8 Å². The molecule has 19 heavy (non-hydrogen) atoms. The maximum atomic E-state index is 12.2. The van der Waals surface area contributed by atoms with E-state index in [4.69, 9.17) is 11.6 Å².